The lowest BCUT2D eigenvalue weighted by Crippen LogP contribution is -2.41. The predicted molar refractivity (Wildman–Crippen MR) is 151 cm³/mol. The van der Waals surface area contributed by atoms with Crippen LogP contribution in [-0.2, 0) is 40.4 Å². The van der Waals surface area contributed by atoms with Crippen LogP contribution >= 0.6 is 0 Å². The summed E-state index contributed by atoms with van der Waals surface area (Å²) in [6.45, 7) is 4.53. The first-order valence-corrected chi connectivity index (χ1v) is 13.8. The van der Waals surface area contributed by atoms with Crippen molar-refractivity contribution in [3.63, 3.8) is 0 Å². The molecule has 1 saturated heterocycles. The molecule has 2 aliphatic rings. The monoisotopic (exact) mass is 546 g/mol. The summed E-state index contributed by atoms with van der Waals surface area (Å²) in [5.41, 5.74) is 6.44. The number of benzene rings is 3. The zero-order valence-corrected chi connectivity index (χ0v) is 23.4. The van der Waals surface area contributed by atoms with Gasteiger partial charge in [0.15, 0.2) is 17.8 Å². The average molecular weight is 547 g/mol. The van der Waals surface area contributed by atoms with E-state index in [1.165, 1.54) is 18.1 Å². The number of nitrogens with zero attached hydrogens (tertiary/aromatic N) is 1. The SMILES string of the molecule is COc1cc2c(cc1OC)CN(C[C@H]1C[C@@H](c3ccc(CO)cc3)O[C@@H](c3ccc(CNC(C)=O)cc3)O1)CC2. The molecule has 5 rings (SSSR count). The highest BCUT2D eigenvalue weighted by molar-refractivity contribution is 5.72. The highest BCUT2D eigenvalue weighted by Crippen LogP contribution is 2.39. The molecule has 212 valence electrons. The second-order valence-electron chi connectivity index (χ2n) is 10.5. The highest BCUT2D eigenvalue weighted by atomic mass is 16.7. The van der Waals surface area contributed by atoms with Gasteiger partial charge < -0.3 is 29.4 Å². The number of aliphatic hydroxyl groups excluding tert-OH is 1. The molecular weight excluding hydrogens is 508 g/mol. The van der Waals surface area contributed by atoms with Crippen molar-refractivity contribution in [2.75, 3.05) is 27.3 Å². The van der Waals surface area contributed by atoms with E-state index in [-0.39, 0.29) is 24.7 Å². The molecule has 2 aliphatic heterocycles. The molecule has 0 spiro atoms. The van der Waals surface area contributed by atoms with Crippen molar-refractivity contribution in [2.24, 2.45) is 0 Å². The second kappa shape index (κ2) is 12.8. The van der Waals surface area contributed by atoms with E-state index in [4.69, 9.17) is 18.9 Å². The van der Waals surface area contributed by atoms with Gasteiger partial charge in [-0.25, -0.2) is 0 Å². The first kappa shape index (κ1) is 28.1. The molecule has 0 aliphatic carbocycles. The van der Waals surface area contributed by atoms with E-state index in [9.17, 15) is 9.90 Å². The predicted octanol–water partition coefficient (Wildman–Crippen LogP) is 4.44. The smallest absolute Gasteiger partial charge is 0.217 e. The van der Waals surface area contributed by atoms with Crippen molar-refractivity contribution in [1.29, 1.82) is 0 Å². The summed E-state index contributed by atoms with van der Waals surface area (Å²) in [6, 6.07) is 20.1. The van der Waals surface area contributed by atoms with Crippen molar-refractivity contribution in [1.82, 2.24) is 10.2 Å². The molecule has 8 heteroatoms. The molecule has 8 nitrogen and oxygen atoms in total. The van der Waals surface area contributed by atoms with Crippen LogP contribution in [0, 0.1) is 0 Å². The fourth-order valence-electron chi connectivity index (χ4n) is 5.44. The molecule has 0 radical (unpaired) electrons. The number of ether oxygens (including phenoxy) is 4. The largest absolute Gasteiger partial charge is 0.493 e. The third-order valence-electron chi connectivity index (χ3n) is 7.67. The zero-order valence-electron chi connectivity index (χ0n) is 23.4. The van der Waals surface area contributed by atoms with Crippen LogP contribution in [0.4, 0.5) is 0 Å². The van der Waals surface area contributed by atoms with Crippen LogP contribution in [0.15, 0.2) is 60.7 Å². The summed E-state index contributed by atoms with van der Waals surface area (Å²) in [4.78, 5) is 13.7. The quantitative estimate of drug-likeness (QED) is 0.410. The summed E-state index contributed by atoms with van der Waals surface area (Å²) in [5, 5.41) is 12.3. The lowest BCUT2D eigenvalue weighted by atomic mass is 9.97. The van der Waals surface area contributed by atoms with E-state index in [1.807, 2.05) is 48.5 Å². The van der Waals surface area contributed by atoms with Gasteiger partial charge >= 0.3 is 0 Å². The number of hydrogen-bond acceptors (Lipinski definition) is 7. The minimum atomic E-state index is -0.516. The number of hydrogen-bond donors (Lipinski definition) is 2. The van der Waals surface area contributed by atoms with Gasteiger partial charge in [0.25, 0.3) is 0 Å². The summed E-state index contributed by atoms with van der Waals surface area (Å²) in [5.74, 6) is 1.46. The Bertz CT molecular complexity index is 1290. The Kier molecular flexibility index (Phi) is 9.01. The topological polar surface area (TPSA) is 89.5 Å². The first-order chi connectivity index (χ1) is 19.4. The maximum atomic E-state index is 11.3. The molecule has 1 amide bonds. The van der Waals surface area contributed by atoms with Crippen molar-refractivity contribution in [3.05, 3.63) is 94.0 Å². The molecule has 0 unspecified atom stereocenters. The van der Waals surface area contributed by atoms with E-state index in [0.717, 1.165) is 66.2 Å². The van der Waals surface area contributed by atoms with Gasteiger partial charge in [-0.2, -0.15) is 0 Å². The first-order valence-electron chi connectivity index (χ1n) is 13.8. The second-order valence-corrected chi connectivity index (χ2v) is 10.5. The average Bonchev–Trinajstić information content (AvgIpc) is 2.99. The van der Waals surface area contributed by atoms with Gasteiger partial charge in [0.2, 0.25) is 5.91 Å². The van der Waals surface area contributed by atoms with E-state index in [2.05, 4.69) is 22.3 Å². The van der Waals surface area contributed by atoms with Gasteiger partial charge in [0, 0.05) is 45.1 Å². The number of carbonyl (C=O) groups is 1. The van der Waals surface area contributed by atoms with E-state index < -0.39 is 6.29 Å². The lowest BCUT2D eigenvalue weighted by Gasteiger charge is -2.39. The van der Waals surface area contributed by atoms with Gasteiger partial charge in [-0.1, -0.05) is 48.5 Å². The Morgan fingerprint density at radius 3 is 2.25 bits per heavy atom. The van der Waals surface area contributed by atoms with Crippen LogP contribution in [0.25, 0.3) is 0 Å². The summed E-state index contributed by atoms with van der Waals surface area (Å²) in [6.07, 6.45) is 0.964. The van der Waals surface area contributed by atoms with Gasteiger partial charge in [0.05, 0.1) is 33.0 Å². The third-order valence-corrected chi connectivity index (χ3v) is 7.67. The molecule has 0 aromatic heterocycles. The highest BCUT2D eigenvalue weighted by Gasteiger charge is 2.34. The van der Waals surface area contributed by atoms with Gasteiger partial charge in [-0.3, -0.25) is 9.69 Å². The van der Waals surface area contributed by atoms with Crippen LogP contribution in [0.2, 0.25) is 0 Å². The fraction of sp³-hybridized carbons (Fsp3) is 0.406. The standard InChI is InChI=1S/C32H38N2O6/c1-21(36)33-17-22-4-10-25(11-5-22)32-39-28(16-29(40-32)24-8-6-23(20-35)7-9-24)19-34-13-12-26-14-30(37-2)31(38-3)15-27(26)18-34/h4-11,14-15,28-29,32,35H,12-13,16-20H2,1-3H3,(H,33,36)/t28-,29+,32+/m1/s1. The molecule has 1 fully saturated rings. The van der Waals surface area contributed by atoms with Crippen molar-refractivity contribution >= 4 is 5.91 Å². The number of methoxy groups -OCH3 is 2. The Balaban J connectivity index is 1.33. The van der Waals surface area contributed by atoms with Crippen LogP contribution in [0.5, 0.6) is 11.5 Å². The Morgan fingerprint density at radius 2 is 1.60 bits per heavy atom. The van der Waals surface area contributed by atoms with Crippen LogP contribution < -0.4 is 14.8 Å². The van der Waals surface area contributed by atoms with Gasteiger partial charge in [0.1, 0.15) is 0 Å². The summed E-state index contributed by atoms with van der Waals surface area (Å²) >= 11 is 0. The molecule has 2 heterocycles. The number of carbonyl (C=O) groups excluding carboxylic acids is 1. The molecule has 0 bridgehead atoms. The molecule has 3 aromatic carbocycles. The third kappa shape index (κ3) is 6.64. The Hall–Kier alpha value is -3.43. The summed E-state index contributed by atoms with van der Waals surface area (Å²) in [7, 11) is 3.34. The minimum Gasteiger partial charge on any atom is -0.493 e. The van der Waals surface area contributed by atoms with Gasteiger partial charge in [-0.05, 0) is 46.4 Å². The molecule has 40 heavy (non-hydrogen) atoms. The number of amides is 1. The van der Waals surface area contributed by atoms with Crippen LogP contribution in [0.1, 0.15) is 59.1 Å². The molecule has 3 atom stereocenters. The van der Waals surface area contributed by atoms with Crippen LogP contribution in [0.3, 0.4) is 0 Å². The maximum Gasteiger partial charge on any atom is 0.217 e. The Labute approximate surface area is 235 Å². The lowest BCUT2D eigenvalue weighted by molar-refractivity contribution is -0.253. The Morgan fingerprint density at radius 1 is 0.950 bits per heavy atom. The van der Waals surface area contributed by atoms with Gasteiger partial charge in [-0.15, -0.1) is 0 Å². The normalized spacial score (nSPS) is 20.9. The molecule has 0 saturated carbocycles. The van der Waals surface area contributed by atoms with E-state index >= 15 is 0 Å². The maximum absolute atomic E-state index is 11.3. The molecule has 3 aromatic rings. The van der Waals surface area contributed by atoms with E-state index in [0.29, 0.717) is 6.54 Å². The number of rotatable bonds is 9. The summed E-state index contributed by atoms with van der Waals surface area (Å²) < 4.78 is 24.1. The van der Waals surface area contributed by atoms with Crippen LogP contribution in [-0.4, -0.2) is 49.3 Å². The minimum absolute atomic E-state index is 0.0120. The van der Waals surface area contributed by atoms with Crippen molar-refractivity contribution in [2.45, 2.75) is 58.0 Å². The number of fused-ring (bicyclic) bond motifs is 1. The molecule has 2 N–H and O–H groups in total. The van der Waals surface area contributed by atoms with Crippen molar-refractivity contribution < 1.29 is 28.8 Å². The fourth-order valence-corrected chi connectivity index (χ4v) is 5.44. The number of aliphatic hydroxyl groups is 1. The molecular formula is C32H38N2O6. The number of nitrogens with one attached hydrogen (secondary N) is 1. The van der Waals surface area contributed by atoms with Crippen molar-refractivity contribution in [3.8, 4) is 11.5 Å². The zero-order chi connectivity index (χ0) is 28.1. The van der Waals surface area contributed by atoms with E-state index in [1.54, 1.807) is 14.2 Å².